The molecule has 3 heterocycles. The first-order valence-corrected chi connectivity index (χ1v) is 9.65. The molecule has 25 heavy (non-hydrogen) atoms. The highest BCUT2D eigenvalue weighted by Gasteiger charge is 2.14. The second-order valence-corrected chi connectivity index (χ2v) is 8.09. The molecular weight excluding hydrogens is 350 g/mol. The monoisotopic (exact) mass is 367 g/mol. The maximum atomic E-state index is 12.7. The van der Waals surface area contributed by atoms with Crippen LogP contribution < -0.4 is 10.5 Å². The molecule has 0 saturated heterocycles. The molecule has 0 aliphatic heterocycles. The summed E-state index contributed by atoms with van der Waals surface area (Å²) in [5.74, 6) is 0.680. The molecule has 0 aliphatic rings. The molecular formula is C19H17N3OS2. The third-order valence-electron chi connectivity index (χ3n) is 4.08. The molecule has 6 heteroatoms. The zero-order valence-electron chi connectivity index (χ0n) is 13.9. The molecule has 3 aromatic heterocycles. The van der Waals surface area contributed by atoms with E-state index in [0.717, 1.165) is 21.0 Å². The first-order valence-electron chi connectivity index (χ1n) is 7.95. The Morgan fingerprint density at radius 1 is 1.16 bits per heavy atom. The van der Waals surface area contributed by atoms with E-state index in [1.165, 1.54) is 16.2 Å². The summed E-state index contributed by atoms with van der Waals surface area (Å²) >= 11 is 3.23. The van der Waals surface area contributed by atoms with Crippen LogP contribution in [0.5, 0.6) is 0 Å². The molecule has 0 unspecified atom stereocenters. The first kappa shape index (κ1) is 16.1. The van der Waals surface area contributed by atoms with E-state index in [1.54, 1.807) is 11.3 Å². The number of aromatic nitrogens is 2. The zero-order chi connectivity index (χ0) is 17.4. The van der Waals surface area contributed by atoms with Crippen molar-refractivity contribution in [2.45, 2.75) is 13.5 Å². The lowest BCUT2D eigenvalue weighted by Crippen LogP contribution is -2.21. The van der Waals surface area contributed by atoms with E-state index in [2.05, 4.69) is 33.9 Å². The van der Waals surface area contributed by atoms with Gasteiger partial charge in [-0.15, -0.1) is 22.7 Å². The summed E-state index contributed by atoms with van der Waals surface area (Å²) in [5, 5.41) is 2.72. The number of aromatic amines is 1. The van der Waals surface area contributed by atoms with E-state index in [9.17, 15) is 4.79 Å². The average Bonchev–Trinajstić information content (AvgIpc) is 3.22. The van der Waals surface area contributed by atoms with Crippen LogP contribution in [0.2, 0.25) is 0 Å². The van der Waals surface area contributed by atoms with Crippen LogP contribution in [-0.2, 0) is 6.54 Å². The van der Waals surface area contributed by atoms with Gasteiger partial charge >= 0.3 is 0 Å². The second-order valence-electron chi connectivity index (χ2n) is 5.94. The van der Waals surface area contributed by atoms with Crippen LogP contribution in [0.3, 0.4) is 0 Å². The van der Waals surface area contributed by atoms with E-state index in [1.807, 2.05) is 42.8 Å². The highest BCUT2D eigenvalue weighted by atomic mass is 32.1. The van der Waals surface area contributed by atoms with Gasteiger partial charge in [-0.2, -0.15) is 0 Å². The third-order valence-corrected chi connectivity index (χ3v) is 5.99. The number of H-pyrrole nitrogens is 1. The molecule has 0 spiro atoms. The van der Waals surface area contributed by atoms with Crippen molar-refractivity contribution in [2.75, 3.05) is 11.9 Å². The molecule has 0 amide bonds. The number of thiophene rings is 2. The van der Waals surface area contributed by atoms with Crippen molar-refractivity contribution < 1.29 is 0 Å². The number of nitrogens with one attached hydrogen (secondary N) is 1. The minimum absolute atomic E-state index is 0.0660. The second kappa shape index (κ2) is 6.46. The van der Waals surface area contributed by atoms with Crippen molar-refractivity contribution in [2.24, 2.45) is 0 Å². The number of hydrogen-bond acceptors (Lipinski definition) is 5. The van der Waals surface area contributed by atoms with E-state index in [4.69, 9.17) is 0 Å². The van der Waals surface area contributed by atoms with Crippen molar-refractivity contribution in [3.8, 4) is 10.4 Å². The first-order chi connectivity index (χ1) is 12.1. The molecule has 1 N–H and O–H groups in total. The van der Waals surface area contributed by atoms with Gasteiger partial charge in [0.25, 0.3) is 5.56 Å². The van der Waals surface area contributed by atoms with Gasteiger partial charge in [0.1, 0.15) is 10.7 Å². The van der Waals surface area contributed by atoms with Crippen molar-refractivity contribution >= 4 is 38.6 Å². The van der Waals surface area contributed by atoms with Crippen molar-refractivity contribution in [3.05, 3.63) is 68.9 Å². The largest absolute Gasteiger partial charge is 0.367 e. The van der Waals surface area contributed by atoms with Crippen molar-refractivity contribution in [1.29, 1.82) is 0 Å². The summed E-state index contributed by atoms with van der Waals surface area (Å²) in [6.07, 6.45) is 0. The molecule has 0 radical (unpaired) electrons. The number of fused-ring (bicyclic) bond motifs is 1. The van der Waals surface area contributed by atoms with Crippen LogP contribution in [0, 0.1) is 6.92 Å². The fraction of sp³-hybridized carbons (Fsp3) is 0.158. The standard InChI is InChI=1S/C19H17N3OS2/c1-12-8-9-15(25-12)14-11-24-19-17(14)18(23)20-16(21-19)10-22(2)13-6-4-3-5-7-13/h3-9,11H,10H2,1-2H3,(H,20,21,23). The van der Waals surface area contributed by atoms with Crippen LogP contribution >= 0.6 is 22.7 Å². The van der Waals surface area contributed by atoms with Gasteiger partial charge < -0.3 is 9.88 Å². The number of nitrogens with zero attached hydrogens (tertiary/aromatic N) is 2. The Morgan fingerprint density at radius 3 is 2.68 bits per heavy atom. The molecule has 4 aromatic rings. The lowest BCUT2D eigenvalue weighted by Gasteiger charge is -2.18. The van der Waals surface area contributed by atoms with Gasteiger partial charge in [0.15, 0.2) is 0 Å². The Balaban J connectivity index is 1.70. The topological polar surface area (TPSA) is 49.0 Å². The highest BCUT2D eigenvalue weighted by Crippen LogP contribution is 2.35. The Morgan fingerprint density at radius 2 is 1.96 bits per heavy atom. The summed E-state index contributed by atoms with van der Waals surface area (Å²) in [4.78, 5) is 25.5. The average molecular weight is 367 g/mol. The van der Waals surface area contributed by atoms with Gasteiger partial charge in [0.05, 0.1) is 11.9 Å². The maximum Gasteiger partial charge on any atom is 0.260 e. The third kappa shape index (κ3) is 3.10. The Kier molecular flexibility index (Phi) is 4.15. The predicted octanol–water partition coefficient (Wildman–Crippen LogP) is 4.66. The molecule has 4 nitrogen and oxygen atoms in total. The summed E-state index contributed by atoms with van der Waals surface area (Å²) < 4.78 is 0. The van der Waals surface area contributed by atoms with Crippen LogP contribution in [0.4, 0.5) is 5.69 Å². The highest BCUT2D eigenvalue weighted by molar-refractivity contribution is 7.19. The summed E-state index contributed by atoms with van der Waals surface area (Å²) in [6, 6.07) is 14.2. The normalized spacial score (nSPS) is 11.1. The minimum Gasteiger partial charge on any atom is -0.367 e. The van der Waals surface area contributed by atoms with Crippen molar-refractivity contribution in [3.63, 3.8) is 0 Å². The molecule has 0 bridgehead atoms. The van der Waals surface area contributed by atoms with Crippen LogP contribution in [0.25, 0.3) is 20.7 Å². The number of hydrogen-bond donors (Lipinski definition) is 1. The van der Waals surface area contributed by atoms with Gasteiger partial charge in [-0.05, 0) is 31.2 Å². The Bertz CT molecular complexity index is 1080. The van der Waals surface area contributed by atoms with Crippen LogP contribution in [0.1, 0.15) is 10.7 Å². The fourth-order valence-electron chi connectivity index (χ4n) is 2.83. The minimum atomic E-state index is -0.0660. The van der Waals surface area contributed by atoms with Crippen LogP contribution in [0.15, 0.2) is 52.6 Å². The number of rotatable bonds is 4. The number of anilines is 1. The van der Waals surface area contributed by atoms with Crippen LogP contribution in [-0.4, -0.2) is 17.0 Å². The molecule has 1 aromatic carbocycles. The van der Waals surface area contributed by atoms with Gasteiger partial charge in [-0.1, -0.05) is 18.2 Å². The molecule has 0 atom stereocenters. The number of benzene rings is 1. The van der Waals surface area contributed by atoms with Gasteiger partial charge in [-0.3, -0.25) is 4.79 Å². The molecule has 126 valence electrons. The smallest absolute Gasteiger partial charge is 0.260 e. The Hall–Kier alpha value is -2.44. The van der Waals surface area contributed by atoms with E-state index in [-0.39, 0.29) is 5.56 Å². The zero-order valence-corrected chi connectivity index (χ0v) is 15.6. The van der Waals surface area contributed by atoms with Gasteiger partial charge in [-0.25, -0.2) is 4.98 Å². The number of para-hydroxylation sites is 1. The maximum absolute atomic E-state index is 12.7. The van der Waals surface area contributed by atoms with E-state index in [0.29, 0.717) is 17.8 Å². The fourth-order valence-corrected chi connectivity index (χ4v) is 4.75. The quantitative estimate of drug-likeness (QED) is 0.571. The Labute approximate surface area is 153 Å². The summed E-state index contributed by atoms with van der Waals surface area (Å²) in [5.41, 5.74) is 2.00. The lowest BCUT2D eigenvalue weighted by atomic mass is 10.2. The summed E-state index contributed by atoms with van der Waals surface area (Å²) in [6.45, 7) is 2.63. The lowest BCUT2D eigenvalue weighted by molar-refractivity contribution is 0.842. The molecule has 0 fully saturated rings. The SMILES string of the molecule is Cc1ccc(-c2csc3nc(CN(C)c4ccccc4)[nH]c(=O)c23)s1. The van der Waals surface area contributed by atoms with Crippen molar-refractivity contribution in [1.82, 2.24) is 9.97 Å². The molecule has 0 saturated carbocycles. The van der Waals surface area contributed by atoms with E-state index >= 15 is 0 Å². The van der Waals surface area contributed by atoms with E-state index < -0.39 is 0 Å². The summed E-state index contributed by atoms with van der Waals surface area (Å²) in [7, 11) is 1.99. The number of aryl methyl sites for hydroxylation is 1. The van der Waals surface area contributed by atoms with Gasteiger partial charge in [0, 0.05) is 33.4 Å². The van der Waals surface area contributed by atoms with Gasteiger partial charge in [0.2, 0.25) is 0 Å². The predicted molar refractivity (Wildman–Crippen MR) is 107 cm³/mol. The molecule has 0 aliphatic carbocycles. The molecule has 4 rings (SSSR count).